The van der Waals surface area contributed by atoms with E-state index in [1.54, 1.807) is 12.1 Å². The van der Waals surface area contributed by atoms with Crippen LogP contribution in [0.15, 0.2) is 59.8 Å². The number of nitrogen functional groups attached to an aromatic ring is 1. The van der Waals surface area contributed by atoms with E-state index in [9.17, 15) is 18.8 Å². The largest absolute Gasteiger partial charge is 0.382 e. The summed E-state index contributed by atoms with van der Waals surface area (Å²) in [6.45, 7) is 1.89. The van der Waals surface area contributed by atoms with Crippen LogP contribution in [-0.4, -0.2) is 14.4 Å². The van der Waals surface area contributed by atoms with Crippen LogP contribution in [0.5, 0.6) is 0 Å². The molecule has 9 heteroatoms. The van der Waals surface area contributed by atoms with Crippen LogP contribution in [0.1, 0.15) is 30.5 Å². The van der Waals surface area contributed by atoms with Gasteiger partial charge in [0.2, 0.25) is 0 Å². The summed E-state index contributed by atoms with van der Waals surface area (Å²) in [7, 11) is 0. The summed E-state index contributed by atoms with van der Waals surface area (Å²) in [5.41, 5.74) is 6.97. The number of fused-ring (bicyclic) bond motifs is 1. The zero-order valence-electron chi connectivity index (χ0n) is 17.0. The molecule has 0 fully saturated rings. The Balaban J connectivity index is 1.97. The number of nitrogens with two attached hydrogens (primary N) is 1. The second kappa shape index (κ2) is 8.43. The van der Waals surface area contributed by atoms with Crippen LogP contribution in [0, 0.1) is 23.0 Å². The summed E-state index contributed by atoms with van der Waals surface area (Å²) >= 11 is 0. The molecule has 0 amide bonds. The number of benzene rings is 1. The van der Waals surface area contributed by atoms with Gasteiger partial charge in [0.05, 0.1) is 11.6 Å². The van der Waals surface area contributed by atoms with Crippen molar-refractivity contribution in [1.29, 1.82) is 5.26 Å². The zero-order chi connectivity index (χ0) is 22.8. The van der Waals surface area contributed by atoms with Gasteiger partial charge in [0.1, 0.15) is 41.2 Å². The molecule has 0 aliphatic rings. The Labute approximate surface area is 181 Å². The minimum Gasteiger partial charge on any atom is -0.382 e. The van der Waals surface area contributed by atoms with E-state index in [2.05, 4.69) is 15.3 Å². The molecule has 0 spiro atoms. The Morgan fingerprint density at radius 1 is 1.19 bits per heavy atom. The number of anilines is 2. The van der Waals surface area contributed by atoms with E-state index >= 15 is 0 Å². The Morgan fingerprint density at radius 3 is 2.72 bits per heavy atom. The van der Waals surface area contributed by atoms with Crippen LogP contribution in [0.25, 0.3) is 16.6 Å². The normalized spacial score (nSPS) is 11.8. The van der Waals surface area contributed by atoms with Gasteiger partial charge in [-0.25, -0.2) is 18.7 Å². The standard InChI is InChI=1S/C23H18F2N6O/c1-2-19(30-22-18(10-26)21(27)28-12-29-22)17-9-16-7-6-15(25)11-31(16)23(32)20(17)13-4-3-5-14(24)8-13/h3-9,11-12,19H,2H2,1H3,(H3,27,28,29,30). The van der Waals surface area contributed by atoms with Crippen molar-refractivity contribution in [2.75, 3.05) is 11.1 Å². The first kappa shape index (κ1) is 20.9. The molecule has 0 radical (unpaired) electrons. The summed E-state index contributed by atoms with van der Waals surface area (Å²) in [6, 6.07) is 11.6. The van der Waals surface area contributed by atoms with Crippen LogP contribution in [0.3, 0.4) is 0 Å². The highest BCUT2D eigenvalue weighted by atomic mass is 19.1. The van der Waals surface area contributed by atoms with Gasteiger partial charge in [0, 0.05) is 11.7 Å². The van der Waals surface area contributed by atoms with Crippen molar-refractivity contribution in [3.05, 3.63) is 88.1 Å². The van der Waals surface area contributed by atoms with Gasteiger partial charge in [-0.15, -0.1) is 0 Å². The average Bonchev–Trinajstić information content (AvgIpc) is 2.78. The molecule has 3 heterocycles. The third kappa shape index (κ3) is 3.74. The molecule has 4 aromatic rings. The fourth-order valence-corrected chi connectivity index (χ4v) is 3.65. The maximum absolute atomic E-state index is 14.0. The van der Waals surface area contributed by atoms with E-state index in [4.69, 9.17) is 5.73 Å². The van der Waals surface area contributed by atoms with Crippen LogP contribution >= 0.6 is 0 Å². The Kier molecular flexibility index (Phi) is 5.52. The van der Waals surface area contributed by atoms with E-state index in [0.29, 0.717) is 23.1 Å². The van der Waals surface area contributed by atoms with Gasteiger partial charge in [-0.2, -0.15) is 5.26 Å². The van der Waals surface area contributed by atoms with Crippen molar-refractivity contribution in [3.8, 4) is 17.2 Å². The number of aromatic nitrogens is 3. The molecular weight excluding hydrogens is 414 g/mol. The molecule has 1 aromatic carbocycles. The van der Waals surface area contributed by atoms with Gasteiger partial charge >= 0.3 is 0 Å². The van der Waals surface area contributed by atoms with Crippen molar-refractivity contribution >= 4 is 17.2 Å². The lowest BCUT2D eigenvalue weighted by molar-refractivity contribution is 0.617. The van der Waals surface area contributed by atoms with Gasteiger partial charge in [-0.1, -0.05) is 19.1 Å². The van der Waals surface area contributed by atoms with E-state index in [1.807, 2.05) is 13.0 Å². The Hall–Kier alpha value is -4.32. The highest BCUT2D eigenvalue weighted by Crippen LogP contribution is 2.32. The maximum atomic E-state index is 14.0. The minimum absolute atomic E-state index is 0.0271. The molecule has 3 aromatic heterocycles. The monoisotopic (exact) mass is 432 g/mol. The van der Waals surface area contributed by atoms with Crippen LogP contribution < -0.4 is 16.6 Å². The zero-order valence-corrected chi connectivity index (χ0v) is 17.0. The van der Waals surface area contributed by atoms with Crippen molar-refractivity contribution in [2.45, 2.75) is 19.4 Å². The SMILES string of the molecule is CCC(Nc1ncnc(N)c1C#N)c1cc2ccc(F)cn2c(=O)c1-c1cccc(F)c1. The predicted octanol–water partition coefficient (Wildman–Crippen LogP) is 4.05. The van der Waals surface area contributed by atoms with Gasteiger partial charge in [0.25, 0.3) is 5.56 Å². The lowest BCUT2D eigenvalue weighted by atomic mass is 9.94. The van der Waals surface area contributed by atoms with Crippen LogP contribution in [0.4, 0.5) is 20.4 Å². The lowest BCUT2D eigenvalue weighted by Crippen LogP contribution is -2.22. The second-order valence-electron chi connectivity index (χ2n) is 7.13. The van der Waals surface area contributed by atoms with E-state index in [0.717, 1.165) is 6.20 Å². The van der Waals surface area contributed by atoms with Crippen molar-refractivity contribution < 1.29 is 8.78 Å². The highest BCUT2D eigenvalue weighted by Gasteiger charge is 2.22. The van der Waals surface area contributed by atoms with Crippen LogP contribution in [-0.2, 0) is 0 Å². The number of hydrogen-bond donors (Lipinski definition) is 2. The molecule has 0 saturated heterocycles. The first-order chi connectivity index (χ1) is 15.4. The van der Waals surface area contributed by atoms with Gasteiger partial charge in [-0.05, 0) is 47.9 Å². The summed E-state index contributed by atoms with van der Waals surface area (Å²) in [5, 5.41) is 12.6. The number of rotatable bonds is 5. The van der Waals surface area contributed by atoms with Gasteiger partial charge in [-0.3, -0.25) is 9.20 Å². The number of nitrogens with zero attached hydrogens (tertiary/aromatic N) is 4. The predicted molar refractivity (Wildman–Crippen MR) is 117 cm³/mol. The molecule has 0 aliphatic carbocycles. The molecule has 1 atom stereocenters. The fraction of sp³-hybridized carbons (Fsp3) is 0.130. The quantitative estimate of drug-likeness (QED) is 0.492. The lowest BCUT2D eigenvalue weighted by Gasteiger charge is -2.22. The maximum Gasteiger partial charge on any atom is 0.263 e. The number of pyridine rings is 2. The Morgan fingerprint density at radius 2 is 2.00 bits per heavy atom. The first-order valence-corrected chi connectivity index (χ1v) is 9.80. The number of halogens is 2. The van der Waals surface area contributed by atoms with E-state index in [1.165, 1.54) is 41.1 Å². The molecule has 0 saturated carbocycles. The fourth-order valence-electron chi connectivity index (χ4n) is 3.65. The van der Waals surface area contributed by atoms with E-state index < -0.39 is 23.2 Å². The number of nitriles is 1. The second-order valence-corrected chi connectivity index (χ2v) is 7.13. The molecule has 7 nitrogen and oxygen atoms in total. The Bertz CT molecular complexity index is 1430. The topological polar surface area (TPSA) is 109 Å². The third-order valence-corrected chi connectivity index (χ3v) is 5.16. The molecule has 0 bridgehead atoms. The smallest absolute Gasteiger partial charge is 0.263 e. The molecular formula is C23H18F2N6O. The first-order valence-electron chi connectivity index (χ1n) is 9.80. The van der Waals surface area contributed by atoms with Crippen LogP contribution in [0.2, 0.25) is 0 Å². The molecule has 0 aliphatic heterocycles. The minimum atomic E-state index is -0.571. The summed E-state index contributed by atoms with van der Waals surface area (Å²) in [4.78, 5) is 21.4. The summed E-state index contributed by atoms with van der Waals surface area (Å²) in [6.07, 6.45) is 2.82. The summed E-state index contributed by atoms with van der Waals surface area (Å²) < 4.78 is 29.1. The van der Waals surface area contributed by atoms with Gasteiger partial charge in [0.15, 0.2) is 0 Å². The average molecular weight is 432 g/mol. The molecule has 32 heavy (non-hydrogen) atoms. The molecule has 3 N–H and O–H groups in total. The highest BCUT2D eigenvalue weighted by molar-refractivity contribution is 5.72. The van der Waals surface area contributed by atoms with Crippen molar-refractivity contribution in [3.63, 3.8) is 0 Å². The van der Waals surface area contributed by atoms with Crippen molar-refractivity contribution in [2.24, 2.45) is 0 Å². The number of nitrogens with one attached hydrogen (secondary N) is 1. The van der Waals surface area contributed by atoms with Gasteiger partial charge < -0.3 is 11.1 Å². The third-order valence-electron chi connectivity index (χ3n) is 5.16. The number of hydrogen-bond acceptors (Lipinski definition) is 6. The summed E-state index contributed by atoms with van der Waals surface area (Å²) in [5.74, 6) is -0.832. The molecule has 1 unspecified atom stereocenters. The molecule has 4 rings (SSSR count). The van der Waals surface area contributed by atoms with Crippen molar-refractivity contribution in [1.82, 2.24) is 14.4 Å². The molecule has 160 valence electrons. The van der Waals surface area contributed by atoms with E-state index in [-0.39, 0.29) is 22.8 Å².